The molecule has 0 spiro atoms. The Hall–Kier alpha value is -1.18. The summed E-state index contributed by atoms with van der Waals surface area (Å²) in [6, 6.07) is 3.74. The largest absolute Gasteiger partial charge is 0.296 e. The van der Waals surface area contributed by atoms with Crippen LogP contribution in [-0.4, -0.2) is 23.2 Å². The highest BCUT2D eigenvalue weighted by atomic mass is 35.7. The van der Waals surface area contributed by atoms with Gasteiger partial charge in [0.25, 0.3) is 14.2 Å². The van der Waals surface area contributed by atoms with E-state index in [-0.39, 0.29) is 16.0 Å². The van der Waals surface area contributed by atoms with E-state index >= 15 is 0 Å². The van der Waals surface area contributed by atoms with Crippen LogP contribution in [-0.2, 0) is 14.6 Å². The van der Waals surface area contributed by atoms with Crippen LogP contribution in [0.5, 0.6) is 0 Å². The Labute approximate surface area is 131 Å². The first-order chi connectivity index (χ1) is 9.51. The molecule has 2 rings (SSSR count). The molecule has 0 amide bonds. The fraction of sp³-hybridized carbons (Fsp3) is 0.333. The SMILES string of the molecule is CC(C)(C)n1c(-c2ccc(F)cc2Cl)nnc1S(=O)(=O)Cl. The van der Waals surface area contributed by atoms with E-state index in [2.05, 4.69) is 10.2 Å². The van der Waals surface area contributed by atoms with Gasteiger partial charge < -0.3 is 0 Å². The Balaban J connectivity index is 2.80. The summed E-state index contributed by atoms with van der Waals surface area (Å²) in [6.07, 6.45) is 0. The molecule has 0 fully saturated rings. The summed E-state index contributed by atoms with van der Waals surface area (Å²) in [6.45, 7) is 5.30. The van der Waals surface area contributed by atoms with E-state index in [0.717, 1.165) is 6.07 Å². The molecule has 0 N–H and O–H groups in total. The molecule has 0 saturated carbocycles. The monoisotopic (exact) mass is 351 g/mol. The van der Waals surface area contributed by atoms with Crippen LogP contribution in [0.4, 0.5) is 4.39 Å². The van der Waals surface area contributed by atoms with Gasteiger partial charge in [-0.25, -0.2) is 12.8 Å². The van der Waals surface area contributed by atoms with Crippen LogP contribution >= 0.6 is 22.3 Å². The van der Waals surface area contributed by atoms with Crippen molar-refractivity contribution >= 4 is 31.3 Å². The van der Waals surface area contributed by atoms with Crippen LogP contribution in [0.1, 0.15) is 20.8 Å². The Morgan fingerprint density at radius 3 is 2.33 bits per heavy atom. The van der Waals surface area contributed by atoms with E-state index in [4.69, 9.17) is 22.3 Å². The average Bonchev–Trinajstić information content (AvgIpc) is 2.72. The highest BCUT2D eigenvalue weighted by Crippen LogP contribution is 2.33. The molecule has 0 bridgehead atoms. The van der Waals surface area contributed by atoms with Crippen LogP contribution in [0, 0.1) is 5.82 Å². The summed E-state index contributed by atoms with van der Waals surface area (Å²) < 4.78 is 37.8. The molecule has 0 aliphatic carbocycles. The summed E-state index contributed by atoms with van der Waals surface area (Å²) in [5.41, 5.74) is -0.305. The molecule has 0 aliphatic heterocycles. The molecule has 0 saturated heterocycles. The molecule has 0 atom stereocenters. The van der Waals surface area contributed by atoms with E-state index in [1.54, 1.807) is 20.8 Å². The molecule has 0 radical (unpaired) electrons. The molecule has 1 aromatic heterocycles. The molecule has 114 valence electrons. The third kappa shape index (κ3) is 3.20. The maximum absolute atomic E-state index is 13.1. The topological polar surface area (TPSA) is 64.8 Å². The van der Waals surface area contributed by atoms with Crippen molar-refractivity contribution in [3.05, 3.63) is 29.0 Å². The number of halogens is 3. The second kappa shape index (κ2) is 5.23. The minimum atomic E-state index is -4.08. The molecular weight excluding hydrogens is 340 g/mol. The normalized spacial score (nSPS) is 12.7. The van der Waals surface area contributed by atoms with Gasteiger partial charge in [-0.1, -0.05) is 11.6 Å². The van der Waals surface area contributed by atoms with E-state index in [1.165, 1.54) is 16.7 Å². The molecule has 21 heavy (non-hydrogen) atoms. The average molecular weight is 352 g/mol. The molecule has 2 aromatic rings. The summed E-state index contributed by atoms with van der Waals surface area (Å²) in [5.74, 6) is -0.303. The zero-order chi connectivity index (χ0) is 16.0. The lowest BCUT2D eigenvalue weighted by Gasteiger charge is -2.24. The van der Waals surface area contributed by atoms with Gasteiger partial charge in [-0.3, -0.25) is 4.57 Å². The summed E-state index contributed by atoms with van der Waals surface area (Å²) in [5, 5.41) is 7.21. The lowest BCUT2D eigenvalue weighted by molar-refractivity contribution is 0.367. The quantitative estimate of drug-likeness (QED) is 0.777. The number of aromatic nitrogens is 3. The first-order valence-electron chi connectivity index (χ1n) is 5.88. The number of hydrogen-bond acceptors (Lipinski definition) is 4. The van der Waals surface area contributed by atoms with Gasteiger partial charge >= 0.3 is 0 Å². The molecule has 0 aliphatic rings. The zero-order valence-electron chi connectivity index (χ0n) is 11.4. The first kappa shape index (κ1) is 16.2. The minimum absolute atomic E-state index is 0.103. The Morgan fingerprint density at radius 1 is 1.24 bits per heavy atom. The molecule has 1 aromatic carbocycles. The highest BCUT2D eigenvalue weighted by molar-refractivity contribution is 8.13. The maximum Gasteiger partial charge on any atom is 0.296 e. The van der Waals surface area contributed by atoms with Crippen LogP contribution in [0.3, 0.4) is 0 Å². The predicted octanol–water partition coefficient (Wildman–Crippen LogP) is 3.42. The minimum Gasteiger partial charge on any atom is -0.291 e. The van der Waals surface area contributed by atoms with Gasteiger partial charge in [0.1, 0.15) is 5.82 Å². The second-order valence-electron chi connectivity index (χ2n) is 5.37. The van der Waals surface area contributed by atoms with Crippen molar-refractivity contribution in [1.29, 1.82) is 0 Å². The van der Waals surface area contributed by atoms with Crippen LogP contribution in [0.25, 0.3) is 11.4 Å². The van der Waals surface area contributed by atoms with Crippen LogP contribution in [0.15, 0.2) is 23.4 Å². The van der Waals surface area contributed by atoms with Crippen molar-refractivity contribution in [2.75, 3.05) is 0 Å². The van der Waals surface area contributed by atoms with Crippen molar-refractivity contribution in [1.82, 2.24) is 14.8 Å². The van der Waals surface area contributed by atoms with Gasteiger partial charge in [0.05, 0.1) is 5.02 Å². The van der Waals surface area contributed by atoms with Crippen molar-refractivity contribution in [3.8, 4) is 11.4 Å². The molecule has 0 unspecified atom stereocenters. The molecule has 5 nitrogen and oxygen atoms in total. The summed E-state index contributed by atoms with van der Waals surface area (Å²) in [4.78, 5) is 0. The van der Waals surface area contributed by atoms with Crippen LogP contribution in [0.2, 0.25) is 5.02 Å². The Morgan fingerprint density at radius 2 is 1.86 bits per heavy atom. The summed E-state index contributed by atoms with van der Waals surface area (Å²) in [7, 11) is 1.31. The Kier molecular flexibility index (Phi) is 4.03. The third-order valence-corrected chi connectivity index (χ3v) is 4.12. The fourth-order valence-corrected chi connectivity index (χ4v) is 3.15. The lowest BCUT2D eigenvalue weighted by atomic mass is 10.1. The molecule has 1 heterocycles. The highest BCUT2D eigenvalue weighted by Gasteiger charge is 2.30. The Bertz CT molecular complexity index is 797. The predicted molar refractivity (Wildman–Crippen MR) is 78.5 cm³/mol. The summed E-state index contributed by atoms with van der Waals surface area (Å²) >= 11 is 6.01. The van der Waals surface area contributed by atoms with E-state index in [1.807, 2.05) is 0 Å². The van der Waals surface area contributed by atoms with Gasteiger partial charge in [0.2, 0.25) is 0 Å². The van der Waals surface area contributed by atoms with Gasteiger partial charge in [-0.2, -0.15) is 0 Å². The standard InChI is InChI=1S/C12H12Cl2FN3O2S/c1-12(2,3)18-10(16-17-11(18)21(14,19)20)8-5-4-7(15)6-9(8)13/h4-6H,1-3H3. The van der Waals surface area contributed by atoms with Crippen molar-refractivity contribution in [2.24, 2.45) is 0 Å². The fourth-order valence-electron chi connectivity index (χ4n) is 1.88. The van der Waals surface area contributed by atoms with Crippen LogP contribution < -0.4 is 0 Å². The van der Waals surface area contributed by atoms with Gasteiger partial charge in [0, 0.05) is 21.8 Å². The van der Waals surface area contributed by atoms with Gasteiger partial charge in [-0.15, -0.1) is 10.2 Å². The number of benzene rings is 1. The number of rotatable bonds is 2. The maximum atomic E-state index is 13.1. The van der Waals surface area contributed by atoms with Crippen molar-refractivity contribution in [2.45, 2.75) is 31.5 Å². The van der Waals surface area contributed by atoms with E-state index in [0.29, 0.717) is 5.56 Å². The van der Waals surface area contributed by atoms with E-state index < -0.39 is 20.4 Å². The number of nitrogens with zero attached hydrogens (tertiary/aromatic N) is 3. The molecule has 9 heteroatoms. The third-order valence-electron chi connectivity index (χ3n) is 2.69. The lowest BCUT2D eigenvalue weighted by Crippen LogP contribution is -2.26. The first-order valence-corrected chi connectivity index (χ1v) is 8.56. The van der Waals surface area contributed by atoms with E-state index in [9.17, 15) is 12.8 Å². The molecular formula is C12H12Cl2FN3O2S. The zero-order valence-corrected chi connectivity index (χ0v) is 13.8. The van der Waals surface area contributed by atoms with Crippen molar-refractivity contribution in [3.63, 3.8) is 0 Å². The van der Waals surface area contributed by atoms with Gasteiger partial charge in [0.15, 0.2) is 5.82 Å². The second-order valence-corrected chi connectivity index (χ2v) is 8.24. The number of hydrogen-bond donors (Lipinski definition) is 0. The van der Waals surface area contributed by atoms with Crippen molar-refractivity contribution < 1.29 is 12.8 Å². The smallest absolute Gasteiger partial charge is 0.291 e. The van der Waals surface area contributed by atoms with Gasteiger partial charge in [-0.05, 0) is 39.0 Å².